The molecular formula is C12H20N4O. The summed E-state index contributed by atoms with van der Waals surface area (Å²) in [6.45, 7) is 1.19. The molecule has 1 heterocycles. The van der Waals surface area contributed by atoms with Crippen LogP contribution in [-0.2, 0) is 4.79 Å². The number of hydrogen-bond acceptors (Lipinski definition) is 4. The molecule has 1 aromatic heterocycles. The summed E-state index contributed by atoms with van der Waals surface area (Å²) < 4.78 is 0. The van der Waals surface area contributed by atoms with E-state index in [1.165, 1.54) is 0 Å². The Kier molecular flexibility index (Phi) is 5.59. The third kappa shape index (κ3) is 4.13. The van der Waals surface area contributed by atoms with E-state index in [1.807, 2.05) is 25.4 Å². The SMILES string of the molecule is CNC(=O)CCN(C)C(CN)c1cccnc1. The Bertz CT molecular complexity index is 342. The van der Waals surface area contributed by atoms with E-state index in [2.05, 4.69) is 15.2 Å². The monoisotopic (exact) mass is 236 g/mol. The smallest absolute Gasteiger partial charge is 0.221 e. The summed E-state index contributed by atoms with van der Waals surface area (Å²) in [6, 6.07) is 4.00. The molecule has 5 heteroatoms. The van der Waals surface area contributed by atoms with Gasteiger partial charge in [0.1, 0.15) is 0 Å². The minimum atomic E-state index is 0.0406. The van der Waals surface area contributed by atoms with Gasteiger partial charge in [-0.2, -0.15) is 0 Å². The third-order valence-corrected chi connectivity index (χ3v) is 2.79. The average molecular weight is 236 g/mol. The Morgan fingerprint density at radius 3 is 2.94 bits per heavy atom. The lowest BCUT2D eigenvalue weighted by atomic mass is 10.1. The largest absolute Gasteiger partial charge is 0.359 e. The number of likely N-dealkylation sites (N-methyl/N-ethyl adjacent to an activating group) is 1. The van der Waals surface area contributed by atoms with Crippen LogP contribution in [0.5, 0.6) is 0 Å². The van der Waals surface area contributed by atoms with Crippen molar-refractivity contribution in [3.63, 3.8) is 0 Å². The number of nitrogens with two attached hydrogens (primary N) is 1. The van der Waals surface area contributed by atoms with Crippen LogP contribution in [0, 0.1) is 0 Å². The number of aromatic nitrogens is 1. The molecule has 0 aliphatic carbocycles. The zero-order chi connectivity index (χ0) is 12.7. The first-order valence-electron chi connectivity index (χ1n) is 5.69. The van der Waals surface area contributed by atoms with Gasteiger partial charge in [-0.3, -0.25) is 14.7 Å². The number of rotatable bonds is 6. The quantitative estimate of drug-likeness (QED) is 0.737. The van der Waals surface area contributed by atoms with Crippen LogP contribution in [0.3, 0.4) is 0 Å². The van der Waals surface area contributed by atoms with E-state index in [0.29, 0.717) is 19.5 Å². The standard InChI is InChI=1S/C12H20N4O/c1-14-12(17)5-7-16(2)11(8-13)10-4-3-6-15-9-10/h3-4,6,9,11H,5,7-8,13H2,1-2H3,(H,14,17). The Balaban J connectivity index is 2.59. The summed E-state index contributed by atoms with van der Waals surface area (Å²) in [5.74, 6) is 0.0406. The van der Waals surface area contributed by atoms with Crippen molar-refractivity contribution in [3.8, 4) is 0 Å². The summed E-state index contributed by atoms with van der Waals surface area (Å²) in [6.07, 6.45) is 4.03. The molecule has 0 radical (unpaired) electrons. The first kappa shape index (κ1) is 13.6. The number of carbonyl (C=O) groups is 1. The van der Waals surface area contributed by atoms with Gasteiger partial charge >= 0.3 is 0 Å². The summed E-state index contributed by atoms with van der Waals surface area (Å²) >= 11 is 0. The van der Waals surface area contributed by atoms with Gasteiger partial charge in [0.05, 0.1) is 0 Å². The minimum absolute atomic E-state index is 0.0406. The van der Waals surface area contributed by atoms with Crippen LogP contribution in [0.4, 0.5) is 0 Å². The molecule has 0 fully saturated rings. The summed E-state index contributed by atoms with van der Waals surface area (Å²) in [7, 11) is 3.61. The van der Waals surface area contributed by atoms with Gasteiger partial charge in [0.15, 0.2) is 0 Å². The van der Waals surface area contributed by atoms with Gasteiger partial charge < -0.3 is 11.1 Å². The van der Waals surface area contributed by atoms with Crippen molar-refractivity contribution in [1.29, 1.82) is 0 Å². The maximum absolute atomic E-state index is 11.2. The van der Waals surface area contributed by atoms with Gasteiger partial charge in [-0.15, -0.1) is 0 Å². The zero-order valence-corrected chi connectivity index (χ0v) is 10.4. The van der Waals surface area contributed by atoms with E-state index in [9.17, 15) is 4.79 Å². The van der Waals surface area contributed by atoms with Gasteiger partial charge in [0.2, 0.25) is 5.91 Å². The van der Waals surface area contributed by atoms with Crippen molar-refractivity contribution in [3.05, 3.63) is 30.1 Å². The number of nitrogens with one attached hydrogen (secondary N) is 1. The molecule has 0 aliphatic rings. The van der Waals surface area contributed by atoms with Crippen LogP contribution in [0.25, 0.3) is 0 Å². The van der Waals surface area contributed by atoms with E-state index in [1.54, 1.807) is 13.2 Å². The second-order valence-electron chi connectivity index (χ2n) is 3.94. The highest BCUT2D eigenvalue weighted by atomic mass is 16.1. The molecule has 1 aromatic rings. The maximum atomic E-state index is 11.2. The molecule has 0 bridgehead atoms. The molecule has 0 saturated heterocycles. The van der Waals surface area contributed by atoms with Crippen LogP contribution in [0.1, 0.15) is 18.0 Å². The molecule has 0 aliphatic heterocycles. The van der Waals surface area contributed by atoms with E-state index in [-0.39, 0.29) is 11.9 Å². The molecule has 1 atom stereocenters. The van der Waals surface area contributed by atoms with Gasteiger partial charge in [0, 0.05) is 45.0 Å². The Morgan fingerprint density at radius 2 is 2.41 bits per heavy atom. The minimum Gasteiger partial charge on any atom is -0.359 e. The second-order valence-corrected chi connectivity index (χ2v) is 3.94. The van der Waals surface area contributed by atoms with Gasteiger partial charge in [-0.25, -0.2) is 0 Å². The lowest BCUT2D eigenvalue weighted by molar-refractivity contribution is -0.120. The van der Waals surface area contributed by atoms with E-state index in [4.69, 9.17) is 5.73 Å². The van der Waals surface area contributed by atoms with E-state index in [0.717, 1.165) is 5.56 Å². The topological polar surface area (TPSA) is 71.2 Å². The molecular weight excluding hydrogens is 216 g/mol. The molecule has 0 saturated carbocycles. The van der Waals surface area contributed by atoms with Crippen molar-refractivity contribution in [2.24, 2.45) is 5.73 Å². The molecule has 17 heavy (non-hydrogen) atoms. The highest BCUT2D eigenvalue weighted by molar-refractivity contribution is 5.75. The van der Waals surface area contributed by atoms with Crippen molar-refractivity contribution in [2.45, 2.75) is 12.5 Å². The number of hydrogen-bond donors (Lipinski definition) is 2. The predicted octanol–water partition coefficient (Wildman–Crippen LogP) is 0.149. The third-order valence-electron chi connectivity index (χ3n) is 2.79. The lowest BCUT2D eigenvalue weighted by Crippen LogP contribution is -2.33. The molecule has 3 N–H and O–H groups in total. The molecule has 0 spiro atoms. The Morgan fingerprint density at radius 1 is 1.65 bits per heavy atom. The van der Waals surface area contributed by atoms with Crippen molar-refractivity contribution >= 4 is 5.91 Å². The fourth-order valence-corrected chi connectivity index (χ4v) is 1.70. The molecule has 5 nitrogen and oxygen atoms in total. The number of carbonyl (C=O) groups excluding carboxylic acids is 1. The Hall–Kier alpha value is -1.46. The van der Waals surface area contributed by atoms with E-state index >= 15 is 0 Å². The zero-order valence-electron chi connectivity index (χ0n) is 10.4. The van der Waals surface area contributed by atoms with Crippen LogP contribution in [-0.4, -0.2) is 43.0 Å². The normalized spacial score (nSPS) is 12.5. The van der Waals surface area contributed by atoms with Crippen LogP contribution >= 0.6 is 0 Å². The predicted molar refractivity (Wildman–Crippen MR) is 67.3 cm³/mol. The lowest BCUT2D eigenvalue weighted by Gasteiger charge is -2.26. The van der Waals surface area contributed by atoms with Crippen molar-refractivity contribution in [1.82, 2.24) is 15.2 Å². The number of nitrogens with zero attached hydrogens (tertiary/aromatic N) is 2. The summed E-state index contributed by atoms with van der Waals surface area (Å²) in [4.78, 5) is 17.3. The molecule has 1 rings (SSSR count). The maximum Gasteiger partial charge on any atom is 0.221 e. The number of amides is 1. The summed E-state index contributed by atoms with van der Waals surface area (Å²) in [5, 5.41) is 2.61. The number of pyridine rings is 1. The fraction of sp³-hybridized carbons (Fsp3) is 0.500. The van der Waals surface area contributed by atoms with Gasteiger partial charge in [0.25, 0.3) is 0 Å². The first-order valence-corrected chi connectivity index (χ1v) is 5.69. The van der Waals surface area contributed by atoms with Crippen LogP contribution < -0.4 is 11.1 Å². The van der Waals surface area contributed by atoms with Crippen molar-refractivity contribution in [2.75, 3.05) is 27.2 Å². The van der Waals surface area contributed by atoms with Crippen LogP contribution in [0.2, 0.25) is 0 Å². The van der Waals surface area contributed by atoms with Gasteiger partial charge in [-0.1, -0.05) is 6.07 Å². The highest BCUT2D eigenvalue weighted by Crippen LogP contribution is 2.16. The molecule has 1 amide bonds. The van der Waals surface area contributed by atoms with Crippen molar-refractivity contribution < 1.29 is 4.79 Å². The highest BCUT2D eigenvalue weighted by Gasteiger charge is 2.15. The average Bonchev–Trinajstić information content (AvgIpc) is 2.38. The molecule has 1 unspecified atom stereocenters. The first-order chi connectivity index (χ1) is 8.19. The fourth-order valence-electron chi connectivity index (χ4n) is 1.70. The van der Waals surface area contributed by atoms with Gasteiger partial charge in [-0.05, 0) is 18.7 Å². The molecule has 0 aromatic carbocycles. The molecule has 94 valence electrons. The Labute approximate surface area is 102 Å². The summed E-state index contributed by atoms with van der Waals surface area (Å²) in [5.41, 5.74) is 6.85. The second kappa shape index (κ2) is 6.98. The van der Waals surface area contributed by atoms with E-state index < -0.39 is 0 Å². The van der Waals surface area contributed by atoms with Crippen LogP contribution in [0.15, 0.2) is 24.5 Å².